The molecule has 2 heterocycles. The summed E-state index contributed by atoms with van der Waals surface area (Å²) in [5, 5.41) is 10.4. The van der Waals surface area contributed by atoms with Crippen molar-refractivity contribution in [3.8, 4) is 0 Å². The fraction of sp³-hybridized carbons (Fsp3) is 0.300. The second-order valence-electron chi connectivity index (χ2n) is 6.30. The van der Waals surface area contributed by atoms with Crippen molar-refractivity contribution in [3.63, 3.8) is 0 Å². The average Bonchev–Trinajstić information content (AvgIpc) is 3.19. The van der Waals surface area contributed by atoms with Crippen LogP contribution in [-0.2, 0) is 9.53 Å². The molecule has 0 bridgehead atoms. The van der Waals surface area contributed by atoms with Crippen LogP contribution < -0.4 is 0 Å². The first-order valence-corrected chi connectivity index (χ1v) is 8.53. The zero-order valence-corrected chi connectivity index (χ0v) is 15.1. The number of hydrogen-bond donors (Lipinski definition) is 1. The average molecular weight is 373 g/mol. The van der Waals surface area contributed by atoms with Crippen LogP contribution in [0.4, 0.5) is 4.39 Å². The third-order valence-corrected chi connectivity index (χ3v) is 4.45. The standard InChI is InChI=1S/C20H20FNO5/c1-12-4-9-15(27-12)18(23)16-17(13-5-7-14(21)8-6-13)22(10-3-11-26-2)20(25)19(16)24/h4-9,17,24H,3,10-11H2,1-2H3. The molecule has 1 amide bonds. The lowest BCUT2D eigenvalue weighted by molar-refractivity contribution is -0.129. The highest BCUT2D eigenvalue weighted by Crippen LogP contribution is 2.39. The van der Waals surface area contributed by atoms with E-state index in [0.717, 1.165) is 0 Å². The van der Waals surface area contributed by atoms with Gasteiger partial charge < -0.3 is 19.2 Å². The van der Waals surface area contributed by atoms with E-state index in [1.165, 1.54) is 35.2 Å². The van der Waals surface area contributed by atoms with Crippen LogP contribution in [0.15, 0.2) is 52.1 Å². The van der Waals surface area contributed by atoms with Gasteiger partial charge in [-0.25, -0.2) is 4.39 Å². The second-order valence-corrected chi connectivity index (χ2v) is 6.30. The van der Waals surface area contributed by atoms with Crippen LogP contribution in [0.2, 0.25) is 0 Å². The molecule has 3 rings (SSSR count). The molecule has 0 radical (unpaired) electrons. The van der Waals surface area contributed by atoms with E-state index in [1.54, 1.807) is 20.1 Å². The Kier molecular flexibility index (Phi) is 5.41. The Balaban J connectivity index is 2.03. The van der Waals surface area contributed by atoms with Crippen molar-refractivity contribution in [3.05, 3.63) is 70.6 Å². The molecule has 0 saturated carbocycles. The minimum absolute atomic E-state index is 0.0349. The first kappa shape index (κ1) is 18.8. The Morgan fingerprint density at radius 3 is 2.56 bits per heavy atom. The highest BCUT2D eigenvalue weighted by molar-refractivity contribution is 6.15. The van der Waals surface area contributed by atoms with Crippen molar-refractivity contribution >= 4 is 11.7 Å². The van der Waals surface area contributed by atoms with Gasteiger partial charge in [0.15, 0.2) is 11.5 Å². The Morgan fingerprint density at radius 1 is 1.26 bits per heavy atom. The molecule has 2 aromatic rings. The number of carbonyl (C=O) groups is 2. The number of amides is 1. The monoisotopic (exact) mass is 373 g/mol. The zero-order valence-electron chi connectivity index (χ0n) is 15.1. The molecule has 6 nitrogen and oxygen atoms in total. The number of aliphatic hydroxyl groups excluding tert-OH is 1. The van der Waals surface area contributed by atoms with Crippen LogP contribution in [0.25, 0.3) is 0 Å². The number of rotatable bonds is 7. The predicted octanol–water partition coefficient (Wildman–Crippen LogP) is 3.34. The predicted molar refractivity (Wildman–Crippen MR) is 94.8 cm³/mol. The van der Waals surface area contributed by atoms with Crippen molar-refractivity contribution in [2.45, 2.75) is 19.4 Å². The molecule has 0 fully saturated rings. The normalized spacial score (nSPS) is 17.1. The zero-order chi connectivity index (χ0) is 19.6. The van der Waals surface area contributed by atoms with Crippen molar-refractivity contribution in [1.82, 2.24) is 4.90 Å². The van der Waals surface area contributed by atoms with Gasteiger partial charge in [0.1, 0.15) is 11.6 Å². The Bertz CT molecular complexity index is 884. The molecule has 0 saturated heterocycles. The lowest BCUT2D eigenvalue weighted by Gasteiger charge is -2.26. The van der Waals surface area contributed by atoms with Crippen LogP contribution in [0, 0.1) is 12.7 Å². The summed E-state index contributed by atoms with van der Waals surface area (Å²) in [7, 11) is 1.55. The van der Waals surface area contributed by atoms with Gasteiger partial charge in [0.25, 0.3) is 5.91 Å². The molecule has 1 N–H and O–H groups in total. The molecule has 0 spiro atoms. The van der Waals surface area contributed by atoms with Gasteiger partial charge in [-0.05, 0) is 43.2 Å². The van der Waals surface area contributed by atoms with Crippen LogP contribution in [0.3, 0.4) is 0 Å². The molecule has 27 heavy (non-hydrogen) atoms. The van der Waals surface area contributed by atoms with Gasteiger partial charge >= 0.3 is 0 Å². The number of aliphatic hydroxyl groups is 1. The van der Waals surface area contributed by atoms with Gasteiger partial charge in [0.05, 0.1) is 11.6 Å². The second kappa shape index (κ2) is 7.75. The number of ketones is 1. The van der Waals surface area contributed by atoms with Crippen LogP contribution in [0.5, 0.6) is 0 Å². The van der Waals surface area contributed by atoms with Gasteiger partial charge in [0.2, 0.25) is 5.78 Å². The van der Waals surface area contributed by atoms with E-state index in [1.807, 2.05) is 0 Å². The maximum absolute atomic E-state index is 13.4. The highest BCUT2D eigenvalue weighted by atomic mass is 19.1. The first-order chi connectivity index (χ1) is 12.9. The molecule has 1 unspecified atom stereocenters. The minimum Gasteiger partial charge on any atom is -0.503 e. The van der Waals surface area contributed by atoms with E-state index in [-0.39, 0.29) is 17.9 Å². The number of methoxy groups -OCH3 is 1. The third kappa shape index (κ3) is 3.64. The molecule has 1 aliphatic heterocycles. The molecular formula is C20H20FNO5. The largest absolute Gasteiger partial charge is 0.503 e. The van der Waals surface area contributed by atoms with Crippen molar-refractivity contribution < 1.29 is 28.2 Å². The van der Waals surface area contributed by atoms with Crippen LogP contribution >= 0.6 is 0 Å². The maximum Gasteiger partial charge on any atom is 0.290 e. The van der Waals surface area contributed by atoms with E-state index in [0.29, 0.717) is 24.4 Å². The van der Waals surface area contributed by atoms with Crippen LogP contribution in [0.1, 0.15) is 34.3 Å². The van der Waals surface area contributed by atoms with Crippen molar-refractivity contribution in [2.24, 2.45) is 0 Å². The highest BCUT2D eigenvalue weighted by Gasteiger charge is 2.44. The first-order valence-electron chi connectivity index (χ1n) is 8.53. The van der Waals surface area contributed by atoms with Gasteiger partial charge in [-0.3, -0.25) is 9.59 Å². The smallest absolute Gasteiger partial charge is 0.290 e. The molecule has 1 atom stereocenters. The summed E-state index contributed by atoms with van der Waals surface area (Å²) in [5.41, 5.74) is 0.455. The number of hydrogen-bond acceptors (Lipinski definition) is 5. The van der Waals surface area contributed by atoms with Gasteiger partial charge in [-0.1, -0.05) is 12.1 Å². The third-order valence-electron chi connectivity index (χ3n) is 4.45. The van der Waals surface area contributed by atoms with E-state index in [9.17, 15) is 19.1 Å². The summed E-state index contributed by atoms with van der Waals surface area (Å²) >= 11 is 0. The molecule has 0 aliphatic carbocycles. The molecular weight excluding hydrogens is 353 g/mol. The molecule has 1 aromatic carbocycles. The summed E-state index contributed by atoms with van der Waals surface area (Å²) in [6.07, 6.45) is 0.522. The number of ether oxygens (including phenoxy) is 1. The number of carbonyl (C=O) groups excluding carboxylic acids is 2. The lowest BCUT2D eigenvalue weighted by atomic mass is 9.95. The molecule has 1 aromatic heterocycles. The number of aryl methyl sites for hydroxylation is 1. The topological polar surface area (TPSA) is 80.0 Å². The minimum atomic E-state index is -0.826. The van der Waals surface area contributed by atoms with Crippen molar-refractivity contribution in [2.75, 3.05) is 20.3 Å². The summed E-state index contributed by atoms with van der Waals surface area (Å²) in [6.45, 7) is 2.38. The Hall–Kier alpha value is -2.93. The van der Waals surface area contributed by atoms with Crippen molar-refractivity contribution in [1.29, 1.82) is 0 Å². The number of benzene rings is 1. The van der Waals surface area contributed by atoms with Gasteiger partial charge in [0, 0.05) is 20.3 Å². The summed E-state index contributed by atoms with van der Waals surface area (Å²) in [4.78, 5) is 27.0. The van der Waals surface area contributed by atoms with E-state index >= 15 is 0 Å². The maximum atomic E-state index is 13.4. The summed E-state index contributed by atoms with van der Waals surface area (Å²) < 4.78 is 23.8. The van der Waals surface area contributed by atoms with Gasteiger partial charge in [-0.15, -0.1) is 0 Å². The molecule has 7 heteroatoms. The molecule has 142 valence electrons. The van der Waals surface area contributed by atoms with Crippen LogP contribution in [-0.4, -0.2) is 42.0 Å². The van der Waals surface area contributed by atoms with E-state index < -0.39 is 29.3 Å². The number of nitrogens with zero attached hydrogens (tertiary/aromatic N) is 1. The number of Topliss-reactive ketones (excluding diaryl/α,β-unsaturated/α-hetero) is 1. The van der Waals surface area contributed by atoms with Gasteiger partial charge in [-0.2, -0.15) is 0 Å². The Labute approximate surface area is 155 Å². The lowest BCUT2D eigenvalue weighted by Crippen LogP contribution is -2.32. The van der Waals surface area contributed by atoms with E-state index in [4.69, 9.17) is 9.15 Å². The Morgan fingerprint density at radius 2 is 1.96 bits per heavy atom. The SMILES string of the molecule is COCCCN1C(=O)C(O)=C(C(=O)c2ccc(C)o2)C1c1ccc(F)cc1. The fourth-order valence-electron chi connectivity index (χ4n) is 3.18. The quantitative estimate of drug-likeness (QED) is 0.595. The summed E-state index contributed by atoms with van der Waals surface area (Å²) in [5.74, 6) is -1.69. The molecule has 1 aliphatic rings. The summed E-state index contributed by atoms with van der Waals surface area (Å²) in [6, 6.07) is 7.80. The number of halogens is 1. The number of furan rings is 1. The van der Waals surface area contributed by atoms with E-state index in [2.05, 4.69) is 0 Å². The fourth-order valence-corrected chi connectivity index (χ4v) is 3.18.